The van der Waals surface area contributed by atoms with Crippen LogP contribution in [0.25, 0.3) is 0 Å². The number of benzene rings is 1. The van der Waals surface area contributed by atoms with Gasteiger partial charge in [0.2, 0.25) is 5.91 Å². The Hall–Kier alpha value is -1.52. The Morgan fingerprint density at radius 2 is 2.25 bits per heavy atom. The van der Waals surface area contributed by atoms with E-state index in [-0.39, 0.29) is 11.8 Å². The number of nitrogens with two attached hydrogens (primary N) is 1. The number of nitrogens with one attached hydrogen (secondary N) is 1. The van der Waals surface area contributed by atoms with E-state index in [4.69, 9.17) is 17.3 Å². The van der Waals surface area contributed by atoms with Crippen LogP contribution in [0.4, 0.5) is 11.4 Å². The molecule has 1 heterocycles. The van der Waals surface area contributed by atoms with Crippen LogP contribution in [0.5, 0.6) is 0 Å². The van der Waals surface area contributed by atoms with Crippen molar-refractivity contribution in [2.24, 2.45) is 0 Å². The lowest BCUT2D eigenvalue weighted by Crippen LogP contribution is -2.24. The van der Waals surface area contributed by atoms with Gasteiger partial charge in [0.05, 0.1) is 17.3 Å². The van der Waals surface area contributed by atoms with Gasteiger partial charge < -0.3 is 11.1 Å². The number of carbonyl (C=O) groups excluding carboxylic acids is 1. The highest BCUT2D eigenvalue weighted by molar-refractivity contribution is 7.10. The van der Waals surface area contributed by atoms with Crippen molar-refractivity contribution in [1.29, 1.82) is 0 Å². The summed E-state index contributed by atoms with van der Waals surface area (Å²) in [6.45, 7) is 0. The fourth-order valence-corrected chi connectivity index (χ4v) is 3.79. The van der Waals surface area contributed by atoms with Gasteiger partial charge in [0.25, 0.3) is 0 Å². The molecule has 1 amide bonds. The molecule has 1 aliphatic rings. The van der Waals surface area contributed by atoms with E-state index in [1.165, 1.54) is 10.4 Å². The number of rotatable bonds is 2. The number of carbonyl (C=O) groups is 1. The summed E-state index contributed by atoms with van der Waals surface area (Å²) in [4.78, 5) is 13.8. The zero-order chi connectivity index (χ0) is 14.1. The monoisotopic (exact) mass is 306 g/mol. The predicted octanol–water partition coefficient (Wildman–Crippen LogP) is 4.04. The minimum Gasteiger partial charge on any atom is -0.397 e. The third-order valence-corrected chi connectivity index (χ3v) is 4.87. The number of anilines is 2. The molecule has 0 radical (unpaired) electrons. The smallest absolute Gasteiger partial charge is 0.232 e. The molecule has 2 aromatic rings. The molecule has 5 heteroatoms. The highest BCUT2D eigenvalue weighted by Gasteiger charge is 2.27. The number of hydrogen-bond donors (Lipinski definition) is 2. The van der Waals surface area contributed by atoms with Gasteiger partial charge in [0.1, 0.15) is 0 Å². The summed E-state index contributed by atoms with van der Waals surface area (Å²) < 4.78 is 0. The zero-order valence-electron chi connectivity index (χ0n) is 10.9. The summed E-state index contributed by atoms with van der Waals surface area (Å²) in [6, 6.07) is 7.18. The highest BCUT2D eigenvalue weighted by Crippen LogP contribution is 2.36. The van der Waals surface area contributed by atoms with Crippen LogP contribution in [0.3, 0.4) is 0 Å². The quantitative estimate of drug-likeness (QED) is 0.823. The summed E-state index contributed by atoms with van der Waals surface area (Å²) in [6.07, 6.45) is 3.03. The number of halogens is 1. The Bertz CT molecular complexity index is 653. The fourth-order valence-electron chi connectivity index (χ4n) is 2.63. The van der Waals surface area contributed by atoms with Gasteiger partial charge >= 0.3 is 0 Å². The zero-order valence-corrected chi connectivity index (χ0v) is 12.4. The van der Waals surface area contributed by atoms with Crippen LogP contribution < -0.4 is 11.1 Å². The van der Waals surface area contributed by atoms with Crippen molar-refractivity contribution in [3.8, 4) is 0 Å². The lowest BCUT2D eigenvalue weighted by atomic mass is 9.87. The molecule has 104 valence electrons. The molecule has 1 aromatic carbocycles. The van der Waals surface area contributed by atoms with E-state index in [0.717, 1.165) is 19.3 Å². The number of hydrogen-bond acceptors (Lipinski definition) is 3. The average molecular weight is 307 g/mol. The SMILES string of the molecule is Nc1cc(Cl)ccc1NC(=O)C1CCCc2sccc21. The van der Waals surface area contributed by atoms with E-state index in [0.29, 0.717) is 16.4 Å². The second-order valence-corrected chi connectivity index (χ2v) is 6.40. The Kier molecular flexibility index (Phi) is 3.68. The van der Waals surface area contributed by atoms with Crippen LogP contribution in [0.1, 0.15) is 29.2 Å². The third kappa shape index (κ3) is 2.53. The Morgan fingerprint density at radius 3 is 3.05 bits per heavy atom. The van der Waals surface area contributed by atoms with Gasteiger partial charge in [0.15, 0.2) is 0 Å². The summed E-state index contributed by atoms with van der Waals surface area (Å²) in [5, 5.41) is 5.55. The maximum Gasteiger partial charge on any atom is 0.232 e. The molecular formula is C15H15ClN2OS. The molecule has 1 aromatic heterocycles. The van der Waals surface area contributed by atoms with E-state index < -0.39 is 0 Å². The first kappa shape index (κ1) is 13.5. The molecule has 0 bridgehead atoms. The lowest BCUT2D eigenvalue weighted by Gasteiger charge is -2.22. The molecule has 1 aliphatic carbocycles. The molecule has 0 saturated carbocycles. The Labute approximate surface area is 126 Å². The molecule has 20 heavy (non-hydrogen) atoms. The van der Waals surface area contributed by atoms with Crippen LogP contribution in [-0.4, -0.2) is 5.91 Å². The van der Waals surface area contributed by atoms with Crippen molar-refractivity contribution in [2.75, 3.05) is 11.1 Å². The topological polar surface area (TPSA) is 55.1 Å². The molecule has 3 N–H and O–H groups in total. The van der Waals surface area contributed by atoms with Gasteiger partial charge in [-0.05, 0) is 54.5 Å². The van der Waals surface area contributed by atoms with Crippen molar-refractivity contribution in [3.05, 3.63) is 45.1 Å². The lowest BCUT2D eigenvalue weighted by molar-refractivity contribution is -0.117. The van der Waals surface area contributed by atoms with E-state index in [1.807, 2.05) is 0 Å². The predicted molar refractivity (Wildman–Crippen MR) is 84.5 cm³/mol. The molecule has 3 nitrogen and oxygen atoms in total. The average Bonchev–Trinajstić information content (AvgIpc) is 2.90. The highest BCUT2D eigenvalue weighted by atomic mass is 35.5. The summed E-state index contributed by atoms with van der Waals surface area (Å²) >= 11 is 7.60. The molecule has 0 saturated heterocycles. The normalized spacial score (nSPS) is 17.6. The van der Waals surface area contributed by atoms with Gasteiger partial charge in [-0.15, -0.1) is 11.3 Å². The molecule has 1 unspecified atom stereocenters. The van der Waals surface area contributed by atoms with Crippen LogP contribution in [0, 0.1) is 0 Å². The molecule has 1 atom stereocenters. The molecule has 3 rings (SSSR count). The summed E-state index contributed by atoms with van der Waals surface area (Å²) in [5.74, 6) is -0.0570. The fraction of sp³-hybridized carbons (Fsp3) is 0.267. The van der Waals surface area contributed by atoms with Gasteiger partial charge in [-0.1, -0.05) is 11.6 Å². The van der Waals surface area contributed by atoms with Crippen molar-refractivity contribution < 1.29 is 4.79 Å². The van der Waals surface area contributed by atoms with Crippen LogP contribution in [0.15, 0.2) is 29.6 Å². The number of aryl methyl sites for hydroxylation is 1. The van der Waals surface area contributed by atoms with Gasteiger partial charge in [-0.3, -0.25) is 4.79 Å². The number of amides is 1. The molecule has 0 fully saturated rings. The minimum atomic E-state index is -0.0694. The van der Waals surface area contributed by atoms with Crippen LogP contribution in [-0.2, 0) is 11.2 Å². The second kappa shape index (κ2) is 5.46. The van der Waals surface area contributed by atoms with Crippen molar-refractivity contribution >= 4 is 40.2 Å². The first-order valence-corrected chi connectivity index (χ1v) is 7.83. The first-order chi connectivity index (χ1) is 9.65. The van der Waals surface area contributed by atoms with Crippen molar-refractivity contribution in [1.82, 2.24) is 0 Å². The summed E-state index contributed by atoms with van der Waals surface area (Å²) in [5.41, 5.74) is 8.17. The largest absolute Gasteiger partial charge is 0.397 e. The van der Waals surface area contributed by atoms with Gasteiger partial charge in [-0.25, -0.2) is 0 Å². The third-order valence-electron chi connectivity index (χ3n) is 3.64. The minimum absolute atomic E-state index is 0.0124. The van der Waals surface area contributed by atoms with Gasteiger partial charge in [-0.2, -0.15) is 0 Å². The van der Waals surface area contributed by atoms with E-state index in [1.54, 1.807) is 29.5 Å². The van der Waals surface area contributed by atoms with E-state index in [9.17, 15) is 4.79 Å². The standard InChI is InChI=1S/C15H15ClN2OS/c16-9-4-5-13(12(17)8-9)18-15(19)11-2-1-3-14-10(11)6-7-20-14/h4-8,11H,1-3,17H2,(H,18,19). The molecular weight excluding hydrogens is 292 g/mol. The van der Waals surface area contributed by atoms with Crippen LogP contribution in [0.2, 0.25) is 5.02 Å². The Balaban J connectivity index is 1.81. The van der Waals surface area contributed by atoms with Crippen molar-refractivity contribution in [3.63, 3.8) is 0 Å². The summed E-state index contributed by atoms with van der Waals surface area (Å²) in [7, 11) is 0. The number of fused-ring (bicyclic) bond motifs is 1. The van der Waals surface area contributed by atoms with E-state index in [2.05, 4.69) is 16.8 Å². The Morgan fingerprint density at radius 1 is 1.40 bits per heavy atom. The number of thiophene rings is 1. The maximum atomic E-state index is 12.5. The van der Waals surface area contributed by atoms with Gasteiger partial charge in [0, 0.05) is 9.90 Å². The molecule has 0 spiro atoms. The first-order valence-electron chi connectivity index (χ1n) is 6.57. The maximum absolute atomic E-state index is 12.5. The van der Waals surface area contributed by atoms with Crippen molar-refractivity contribution in [2.45, 2.75) is 25.2 Å². The molecule has 0 aliphatic heterocycles. The second-order valence-electron chi connectivity index (χ2n) is 4.96. The number of nitrogen functional groups attached to an aromatic ring is 1. The van der Waals surface area contributed by atoms with E-state index >= 15 is 0 Å². The van der Waals surface area contributed by atoms with Crippen LogP contribution >= 0.6 is 22.9 Å².